The van der Waals surface area contributed by atoms with Crippen LogP contribution in [0.4, 0.5) is 0 Å². The van der Waals surface area contributed by atoms with Gasteiger partial charge in [0.15, 0.2) is 0 Å². The van der Waals surface area contributed by atoms with Crippen molar-refractivity contribution in [3.05, 3.63) is 47.0 Å². The van der Waals surface area contributed by atoms with Gasteiger partial charge in [0.05, 0.1) is 6.54 Å². The van der Waals surface area contributed by atoms with Gasteiger partial charge in [0, 0.05) is 37.7 Å². The minimum atomic E-state index is 0.165. The van der Waals surface area contributed by atoms with Crippen molar-refractivity contribution in [3.63, 3.8) is 0 Å². The number of benzene rings is 1. The first-order valence-corrected chi connectivity index (χ1v) is 9.21. The first-order chi connectivity index (χ1) is 12.2. The molecule has 2 aliphatic rings. The van der Waals surface area contributed by atoms with Gasteiger partial charge in [0.2, 0.25) is 0 Å². The van der Waals surface area contributed by atoms with E-state index in [1.807, 2.05) is 28.6 Å². The monoisotopic (exact) mass is 339 g/mol. The third-order valence-electron chi connectivity index (χ3n) is 5.15. The van der Waals surface area contributed by atoms with E-state index >= 15 is 0 Å². The van der Waals surface area contributed by atoms with Gasteiger partial charge in [-0.1, -0.05) is 12.1 Å². The lowest BCUT2D eigenvalue weighted by atomic mass is 10.1. The second-order valence-electron chi connectivity index (χ2n) is 7.07. The Morgan fingerprint density at radius 2 is 2.00 bits per heavy atom. The normalized spacial score (nSPS) is 19.9. The number of fused-ring (bicyclic) bond motifs is 1. The van der Waals surface area contributed by atoms with Crippen LogP contribution in [-0.2, 0) is 19.5 Å². The highest BCUT2D eigenvalue weighted by molar-refractivity contribution is 5.94. The van der Waals surface area contributed by atoms with E-state index in [9.17, 15) is 4.79 Å². The topological polar surface area (TPSA) is 63.1 Å². The molecular weight excluding hydrogens is 314 g/mol. The molecule has 3 heterocycles. The molecule has 6 nitrogen and oxygen atoms in total. The molecule has 1 unspecified atom stereocenters. The third kappa shape index (κ3) is 3.58. The lowest BCUT2D eigenvalue weighted by Crippen LogP contribution is -2.37. The number of amides is 1. The molecule has 0 bridgehead atoms. The summed E-state index contributed by atoms with van der Waals surface area (Å²) in [7, 11) is 0. The first kappa shape index (κ1) is 16.3. The Kier molecular flexibility index (Phi) is 4.53. The van der Waals surface area contributed by atoms with Crippen LogP contribution in [0.15, 0.2) is 24.3 Å². The fourth-order valence-corrected chi connectivity index (χ4v) is 3.73. The molecule has 1 aromatic carbocycles. The van der Waals surface area contributed by atoms with Crippen LogP contribution < -0.4 is 5.32 Å². The van der Waals surface area contributed by atoms with Gasteiger partial charge in [-0.15, -0.1) is 0 Å². The lowest BCUT2D eigenvalue weighted by Gasteiger charge is -2.23. The Morgan fingerprint density at radius 1 is 1.24 bits per heavy atom. The third-order valence-corrected chi connectivity index (χ3v) is 5.15. The summed E-state index contributed by atoms with van der Waals surface area (Å²) >= 11 is 0. The van der Waals surface area contributed by atoms with E-state index in [-0.39, 0.29) is 5.91 Å². The summed E-state index contributed by atoms with van der Waals surface area (Å²) in [5.74, 6) is 2.12. The van der Waals surface area contributed by atoms with Crippen molar-refractivity contribution >= 4 is 5.91 Å². The summed E-state index contributed by atoms with van der Waals surface area (Å²) in [6, 6.07) is 8.45. The lowest BCUT2D eigenvalue weighted by molar-refractivity contribution is 0.0793. The average molecular weight is 339 g/mol. The molecule has 1 fully saturated rings. The van der Waals surface area contributed by atoms with Gasteiger partial charge in [-0.05, 0) is 43.9 Å². The SMILES string of the molecule is Cc1nc2n(n1)CC(NCc1ccc(C(=O)N3CCCC3)cc1)CC2. The Labute approximate surface area is 148 Å². The Morgan fingerprint density at radius 3 is 2.76 bits per heavy atom. The summed E-state index contributed by atoms with van der Waals surface area (Å²) in [4.78, 5) is 18.8. The molecule has 0 aliphatic carbocycles. The van der Waals surface area contributed by atoms with Crippen LogP contribution in [0.5, 0.6) is 0 Å². The summed E-state index contributed by atoms with van der Waals surface area (Å²) in [5, 5.41) is 8.06. The van der Waals surface area contributed by atoms with E-state index in [0.29, 0.717) is 6.04 Å². The zero-order valence-electron chi connectivity index (χ0n) is 14.7. The highest BCUT2D eigenvalue weighted by Crippen LogP contribution is 2.15. The highest BCUT2D eigenvalue weighted by atomic mass is 16.2. The van der Waals surface area contributed by atoms with Gasteiger partial charge >= 0.3 is 0 Å². The molecule has 0 spiro atoms. The summed E-state index contributed by atoms with van der Waals surface area (Å²) in [6.07, 6.45) is 4.32. The van der Waals surface area contributed by atoms with Gasteiger partial charge < -0.3 is 10.2 Å². The molecular formula is C19H25N5O. The molecule has 1 saturated heterocycles. The molecule has 2 aromatic rings. The van der Waals surface area contributed by atoms with E-state index in [0.717, 1.165) is 69.1 Å². The van der Waals surface area contributed by atoms with Crippen LogP contribution >= 0.6 is 0 Å². The van der Waals surface area contributed by atoms with Crippen molar-refractivity contribution in [2.75, 3.05) is 13.1 Å². The summed E-state index contributed by atoms with van der Waals surface area (Å²) in [6.45, 7) is 5.42. The van der Waals surface area contributed by atoms with Crippen molar-refractivity contribution < 1.29 is 4.79 Å². The molecule has 4 rings (SSSR count). The van der Waals surface area contributed by atoms with Gasteiger partial charge in [-0.3, -0.25) is 4.79 Å². The van der Waals surface area contributed by atoms with Crippen molar-refractivity contribution in [1.82, 2.24) is 25.0 Å². The van der Waals surface area contributed by atoms with Gasteiger partial charge in [0.1, 0.15) is 11.6 Å². The van der Waals surface area contributed by atoms with E-state index in [1.54, 1.807) is 0 Å². The van der Waals surface area contributed by atoms with Gasteiger partial charge in [0.25, 0.3) is 5.91 Å². The predicted octanol–water partition coefficient (Wildman–Crippen LogP) is 1.93. The highest BCUT2D eigenvalue weighted by Gasteiger charge is 2.21. The van der Waals surface area contributed by atoms with Gasteiger partial charge in [-0.25, -0.2) is 9.67 Å². The van der Waals surface area contributed by atoms with Gasteiger partial charge in [-0.2, -0.15) is 5.10 Å². The number of hydrogen-bond acceptors (Lipinski definition) is 4. The number of nitrogens with zero attached hydrogens (tertiary/aromatic N) is 4. The van der Waals surface area contributed by atoms with Crippen LogP contribution in [0.1, 0.15) is 46.8 Å². The smallest absolute Gasteiger partial charge is 0.253 e. The quantitative estimate of drug-likeness (QED) is 0.924. The number of aryl methyl sites for hydroxylation is 2. The van der Waals surface area contributed by atoms with Crippen LogP contribution in [0.3, 0.4) is 0 Å². The molecule has 25 heavy (non-hydrogen) atoms. The molecule has 0 radical (unpaired) electrons. The molecule has 1 aromatic heterocycles. The van der Waals surface area contributed by atoms with E-state index in [2.05, 4.69) is 27.5 Å². The standard InChI is InChI=1S/C19H25N5O/c1-14-21-18-9-8-17(13-24(18)22-14)20-12-15-4-6-16(7-5-15)19(25)23-10-2-3-11-23/h4-7,17,20H,2-3,8-13H2,1H3. The molecule has 1 amide bonds. The van der Waals surface area contributed by atoms with E-state index in [4.69, 9.17) is 0 Å². The number of nitrogens with one attached hydrogen (secondary N) is 1. The van der Waals surface area contributed by atoms with E-state index in [1.165, 1.54) is 5.56 Å². The Bertz CT molecular complexity index is 746. The van der Waals surface area contributed by atoms with Crippen molar-refractivity contribution in [1.29, 1.82) is 0 Å². The minimum Gasteiger partial charge on any atom is -0.339 e. The van der Waals surface area contributed by atoms with Crippen LogP contribution in [0.25, 0.3) is 0 Å². The number of carbonyl (C=O) groups is 1. The summed E-state index contributed by atoms with van der Waals surface area (Å²) in [5.41, 5.74) is 2.00. The maximum atomic E-state index is 12.4. The zero-order chi connectivity index (χ0) is 17.2. The number of hydrogen-bond donors (Lipinski definition) is 1. The molecule has 132 valence electrons. The maximum Gasteiger partial charge on any atom is 0.253 e. The van der Waals surface area contributed by atoms with Crippen molar-refractivity contribution in [2.45, 2.75) is 51.7 Å². The molecule has 1 atom stereocenters. The number of likely N-dealkylation sites (tertiary alicyclic amines) is 1. The number of rotatable bonds is 4. The Hall–Kier alpha value is -2.21. The second-order valence-corrected chi connectivity index (χ2v) is 7.07. The van der Waals surface area contributed by atoms with Crippen molar-refractivity contribution in [3.8, 4) is 0 Å². The molecule has 6 heteroatoms. The fraction of sp³-hybridized carbons (Fsp3) is 0.526. The number of aromatic nitrogens is 3. The second kappa shape index (κ2) is 6.96. The van der Waals surface area contributed by atoms with Crippen LogP contribution in [0, 0.1) is 6.92 Å². The van der Waals surface area contributed by atoms with E-state index < -0.39 is 0 Å². The minimum absolute atomic E-state index is 0.165. The molecule has 0 saturated carbocycles. The predicted molar refractivity (Wildman–Crippen MR) is 95.3 cm³/mol. The van der Waals surface area contributed by atoms with Crippen molar-refractivity contribution in [2.24, 2.45) is 0 Å². The average Bonchev–Trinajstić information content (AvgIpc) is 3.28. The van der Waals surface area contributed by atoms with Crippen LogP contribution in [0.2, 0.25) is 0 Å². The Balaban J connectivity index is 1.32. The zero-order valence-corrected chi connectivity index (χ0v) is 14.7. The summed E-state index contributed by atoms with van der Waals surface area (Å²) < 4.78 is 2.02. The van der Waals surface area contributed by atoms with Crippen LogP contribution in [-0.4, -0.2) is 44.7 Å². The molecule has 2 aliphatic heterocycles. The number of carbonyl (C=O) groups excluding carboxylic acids is 1. The maximum absolute atomic E-state index is 12.4. The largest absolute Gasteiger partial charge is 0.339 e. The fourth-order valence-electron chi connectivity index (χ4n) is 3.73. The first-order valence-electron chi connectivity index (χ1n) is 9.21. The molecule has 1 N–H and O–H groups in total.